The van der Waals surface area contributed by atoms with E-state index in [1.54, 1.807) is 18.2 Å². The second kappa shape index (κ2) is 6.87. The zero-order valence-corrected chi connectivity index (χ0v) is 14.1. The Balaban J connectivity index is 1.74. The first kappa shape index (κ1) is 16.2. The molecule has 0 radical (unpaired) electrons. The number of para-hydroxylation sites is 1. The van der Waals surface area contributed by atoms with E-state index < -0.39 is 0 Å². The van der Waals surface area contributed by atoms with E-state index in [4.69, 9.17) is 0 Å². The highest BCUT2D eigenvalue weighted by Crippen LogP contribution is 2.27. The molecule has 0 spiro atoms. The minimum atomic E-state index is -0.0999. The summed E-state index contributed by atoms with van der Waals surface area (Å²) in [4.78, 5) is 26.3. The minimum absolute atomic E-state index is 0.0512. The van der Waals surface area contributed by atoms with Crippen LogP contribution < -0.4 is 10.2 Å². The molecular formula is C20H22N2O2. The van der Waals surface area contributed by atoms with Gasteiger partial charge in [-0.25, -0.2) is 0 Å². The number of Topliss-reactive ketones (excluding diaryl/α,β-unsaturated/α-hetero) is 1. The van der Waals surface area contributed by atoms with Crippen molar-refractivity contribution in [3.05, 3.63) is 59.2 Å². The van der Waals surface area contributed by atoms with Crippen LogP contribution >= 0.6 is 0 Å². The van der Waals surface area contributed by atoms with Crippen LogP contribution in [0.5, 0.6) is 0 Å². The maximum absolute atomic E-state index is 12.5. The summed E-state index contributed by atoms with van der Waals surface area (Å²) in [6, 6.07) is 13.5. The van der Waals surface area contributed by atoms with Gasteiger partial charge in [0.15, 0.2) is 5.78 Å². The van der Waals surface area contributed by atoms with E-state index >= 15 is 0 Å². The number of hydrogen-bond donors (Lipinski definition) is 1. The Labute approximate surface area is 142 Å². The molecule has 2 aromatic rings. The third kappa shape index (κ3) is 3.48. The Hall–Kier alpha value is -2.62. The van der Waals surface area contributed by atoms with Crippen LogP contribution in [0.2, 0.25) is 0 Å². The van der Waals surface area contributed by atoms with Crippen LogP contribution in [0.4, 0.5) is 11.4 Å². The molecule has 0 atom stereocenters. The SMILES string of the molecule is CC(=O)c1ccccc1NC(=O)CN1CCCc2cc(C)ccc21. The van der Waals surface area contributed by atoms with Crippen molar-refractivity contribution < 1.29 is 9.59 Å². The van der Waals surface area contributed by atoms with Gasteiger partial charge in [-0.3, -0.25) is 9.59 Å². The van der Waals surface area contributed by atoms with Crippen LogP contribution in [0.1, 0.15) is 34.8 Å². The van der Waals surface area contributed by atoms with Crippen LogP contribution in [-0.2, 0) is 11.2 Å². The van der Waals surface area contributed by atoms with E-state index in [2.05, 4.69) is 35.3 Å². The Kier molecular flexibility index (Phi) is 4.65. The van der Waals surface area contributed by atoms with E-state index in [0.29, 0.717) is 17.8 Å². The van der Waals surface area contributed by atoms with Crippen molar-refractivity contribution >= 4 is 23.1 Å². The molecule has 0 saturated heterocycles. The maximum atomic E-state index is 12.5. The number of nitrogens with zero attached hydrogens (tertiary/aromatic N) is 1. The second-order valence-corrected chi connectivity index (χ2v) is 6.31. The fourth-order valence-corrected chi connectivity index (χ4v) is 3.23. The monoisotopic (exact) mass is 322 g/mol. The molecule has 0 aliphatic carbocycles. The van der Waals surface area contributed by atoms with Gasteiger partial charge in [0.2, 0.25) is 5.91 Å². The van der Waals surface area contributed by atoms with E-state index in [-0.39, 0.29) is 11.7 Å². The maximum Gasteiger partial charge on any atom is 0.243 e. The molecule has 1 aliphatic rings. The molecule has 4 heteroatoms. The number of benzene rings is 2. The fraction of sp³-hybridized carbons (Fsp3) is 0.300. The lowest BCUT2D eigenvalue weighted by Crippen LogP contribution is -2.37. The van der Waals surface area contributed by atoms with Gasteiger partial charge in [-0.05, 0) is 50.5 Å². The normalized spacial score (nSPS) is 13.3. The van der Waals surface area contributed by atoms with Gasteiger partial charge in [0.1, 0.15) is 0 Å². The summed E-state index contributed by atoms with van der Waals surface area (Å²) in [5.41, 5.74) is 4.81. The molecule has 124 valence electrons. The van der Waals surface area contributed by atoms with Crippen molar-refractivity contribution in [1.82, 2.24) is 0 Å². The van der Waals surface area contributed by atoms with Crippen LogP contribution in [0.25, 0.3) is 0 Å². The van der Waals surface area contributed by atoms with Crippen LogP contribution in [0.15, 0.2) is 42.5 Å². The topological polar surface area (TPSA) is 49.4 Å². The van der Waals surface area contributed by atoms with E-state index in [0.717, 1.165) is 25.1 Å². The molecule has 2 aromatic carbocycles. The molecule has 0 fully saturated rings. The lowest BCUT2D eigenvalue weighted by atomic mass is 9.99. The van der Waals surface area contributed by atoms with Crippen molar-refractivity contribution in [2.75, 3.05) is 23.3 Å². The number of fused-ring (bicyclic) bond motifs is 1. The molecule has 0 bridgehead atoms. The molecule has 3 rings (SSSR count). The number of aryl methyl sites for hydroxylation is 2. The Morgan fingerprint density at radius 2 is 1.96 bits per heavy atom. The van der Waals surface area contributed by atoms with Gasteiger partial charge in [0.25, 0.3) is 0 Å². The molecule has 1 amide bonds. The first-order chi connectivity index (χ1) is 11.5. The van der Waals surface area contributed by atoms with Crippen molar-refractivity contribution in [3.8, 4) is 0 Å². The van der Waals surface area contributed by atoms with E-state index in [1.165, 1.54) is 18.1 Å². The van der Waals surface area contributed by atoms with E-state index in [1.807, 2.05) is 6.07 Å². The second-order valence-electron chi connectivity index (χ2n) is 6.31. The number of carbonyl (C=O) groups is 2. The average Bonchev–Trinajstić information content (AvgIpc) is 2.55. The highest BCUT2D eigenvalue weighted by molar-refractivity contribution is 6.04. The summed E-state index contributed by atoms with van der Waals surface area (Å²) < 4.78 is 0. The lowest BCUT2D eigenvalue weighted by Gasteiger charge is -2.31. The van der Waals surface area contributed by atoms with Crippen molar-refractivity contribution in [2.45, 2.75) is 26.7 Å². The molecule has 1 N–H and O–H groups in total. The van der Waals surface area contributed by atoms with Crippen LogP contribution in [-0.4, -0.2) is 24.8 Å². The van der Waals surface area contributed by atoms with Crippen LogP contribution in [0, 0.1) is 6.92 Å². The average molecular weight is 322 g/mol. The largest absolute Gasteiger partial charge is 0.362 e. The van der Waals surface area contributed by atoms with Crippen molar-refractivity contribution in [1.29, 1.82) is 0 Å². The molecule has 0 unspecified atom stereocenters. The lowest BCUT2D eigenvalue weighted by molar-refractivity contribution is -0.115. The summed E-state index contributed by atoms with van der Waals surface area (Å²) in [6.45, 7) is 4.76. The molecule has 24 heavy (non-hydrogen) atoms. The Morgan fingerprint density at radius 3 is 2.75 bits per heavy atom. The molecule has 4 nitrogen and oxygen atoms in total. The Morgan fingerprint density at radius 1 is 1.17 bits per heavy atom. The number of amides is 1. The number of anilines is 2. The van der Waals surface area contributed by atoms with Gasteiger partial charge in [-0.1, -0.05) is 29.8 Å². The summed E-state index contributed by atoms with van der Waals surface area (Å²) in [5, 5.41) is 2.88. The zero-order chi connectivity index (χ0) is 17.1. The van der Waals surface area contributed by atoms with Crippen molar-refractivity contribution in [2.24, 2.45) is 0 Å². The summed E-state index contributed by atoms with van der Waals surface area (Å²) in [5.74, 6) is -0.151. The number of ketones is 1. The van der Waals surface area contributed by atoms with Gasteiger partial charge in [-0.2, -0.15) is 0 Å². The summed E-state index contributed by atoms with van der Waals surface area (Å²) in [6.07, 6.45) is 2.11. The van der Waals surface area contributed by atoms with Gasteiger partial charge < -0.3 is 10.2 Å². The van der Waals surface area contributed by atoms with E-state index in [9.17, 15) is 9.59 Å². The predicted octanol–water partition coefficient (Wildman–Crippen LogP) is 3.59. The molecular weight excluding hydrogens is 300 g/mol. The quantitative estimate of drug-likeness (QED) is 0.875. The van der Waals surface area contributed by atoms with Gasteiger partial charge in [0.05, 0.1) is 12.2 Å². The summed E-state index contributed by atoms with van der Waals surface area (Å²) in [7, 11) is 0. The van der Waals surface area contributed by atoms with Gasteiger partial charge >= 0.3 is 0 Å². The van der Waals surface area contributed by atoms with Gasteiger partial charge in [0, 0.05) is 17.8 Å². The first-order valence-corrected chi connectivity index (χ1v) is 8.29. The first-order valence-electron chi connectivity index (χ1n) is 8.29. The Bertz CT molecular complexity index is 783. The standard InChI is InChI=1S/C20H22N2O2/c1-14-9-10-19-16(12-14)6-5-11-22(19)13-20(24)21-18-8-4-3-7-17(18)15(2)23/h3-4,7-10,12H,5-6,11,13H2,1-2H3,(H,21,24). The fourth-order valence-electron chi connectivity index (χ4n) is 3.23. The minimum Gasteiger partial charge on any atom is -0.362 e. The number of hydrogen-bond acceptors (Lipinski definition) is 3. The number of nitrogens with one attached hydrogen (secondary N) is 1. The smallest absolute Gasteiger partial charge is 0.243 e. The van der Waals surface area contributed by atoms with Gasteiger partial charge in [-0.15, -0.1) is 0 Å². The third-order valence-electron chi connectivity index (χ3n) is 4.36. The predicted molar refractivity (Wildman–Crippen MR) is 96.8 cm³/mol. The highest BCUT2D eigenvalue weighted by atomic mass is 16.2. The van der Waals surface area contributed by atoms with Crippen molar-refractivity contribution in [3.63, 3.8) is 0 Å². The molecule has 1 heterocycles. The molecule has 1 aliphatic heterocycles. The molecule has 0 aromatic heterocycles. The third-order valence-corrected chi connectivity index (χ3v) is 4.36. The summed E-state index contributed by atoms with van der Waals surface area (Å²) >= 11 is 0. The highest BCUT2D eigenvalue weighted by Gasteiger charge is 2.19. The number of carbonyl (C=O) groups excluding carboxylic acids is 2. The van der Waals surface area contributed by atoms with Crippen LogP contribution in [0.3, 0.4) is 0 Å². The number of rotatable bonds is 4. The zero-order valence-electron chi connectivity index (χ0n) is 14.1. The molecule has 0 saturated carbocycles.